The van der Waals surface area contributed by atoms with Gasteiger partial charge in [-0.2, -0.15) is 5.26 Å². The molecular weight excluding hydrogens is 200 g/mol. The smallest absolute Gasteiger partial charge is 0.254 e. The molecule has 0 saturated carbocycles. The molecule has 0 aliphatic carbocycles. The summed E-state index contributed by atoms with van der Waals surface area (Å²) in [5, 5.41) is 8.78. The third-order valence-corrected chi connectivity index (χ3v) is 2.92. The first-order valence-corrected chi connectivity index (χ1v) is 5.22. The van der Waals surface area contributed by atoms with Crippen LogP contribution in [0.25, 0.3) is 0 Å². The van der Waals surface area contributed by atoms with E-state index in [0.717, 1.165) is 11.1 Å². The lowest BCUT2D eigenvalue weighted by Gasteiger charge is -2.20. The van der Waals surface area contributed by atoms with Gasteiger partial charge in [-0.05, 0) is 38.0 Å². The minimum atomic E-state index is -0.410. The van der Waals surface area contributed by atoms with Crippen LogP contribution < -0.4 is 0 Å². The lowest BCUT2D eigenvalue weighted by molar-refractivity contribution is 0.0772. The Morgan fingerprint density at radius 2 is 2.06 bits per heavy atom. The predicted molar refractivity (Wildman–Crippen MR) is 63.1 cm³/mol. The van der Waals surface area contributed by atoms with Gasteiger partial charge in [0.15, 0.2) is 0 Å². The summed E-state index contributed by atoms with van der Waals surface area (Å²) in [5.41, 5.74) is 2.73. The van der Waals surface area contributed by atoms with E-state index in [9.17, 15) is 4.79 Å². The summed E-state index contributed by atoms with van der Waals surface area (Å²) >= 11 is 0. The number of carbonyl (C=O) groups excluding carboxylic acids is 1. The Labute approximate surface area is 96.3 Å². The van der Waals surface area contributed by atoms with Gasteiger partial charge in [-0.25, -0.2) is 0 Å². The van der Waals surface area contributed by atoms with E-state index < -0.39 is 6.04 Å². The van der Waals surface area contributed by atoms with Crippen LogP contribution in [0, 0.1) is 25.2 Å². The van der Waals surface area contributed by atoms with E-state index >= 15 is 0 Å². The zero-order chi connectivity index (χ0) is 12.3. The molecule has 16 heavy (non-hydrogen) atoms. The molecule has 0 fully saturated rings. The van der Waals surface area contributed by atoms with Gasteiger partial charge in [0, 0.05) is 12.6 Å². The Morgan fingerprint density at radius 1 is 1.44 bits per heavy atom. The fourth-order valence-corrected chi connectivity index (χ4v) is 1.44. The predicted octanol–water partition coefficient (Wildman–Crippen LogP) is 2.29. The summed E-state index contributed by atoms with van der Waals surface area (Å²) in [7, 11) is 1.65. The normalized spacial score (nSPS) is 11.7. The molecule has 3 nitrogen and oxygen atoms in total. The molecule has 1 aromatic rings. The van der Waals surface area contributed by atoms with Crippen molar-refractivity contribution in [2.75, 3.05) is 7.05 Å². The number of amides is 1. The fourth-order valence-electron chi connectivity index (χ4n) is 1.44. The average Bonchev–Trinajstić information content (AvgIpc) is 2.29. The topological polar surface area (TPSA) is 44.1 Å². The summed E-state index contributed by atoms with van der Waals surface area (Å²) in [4.78, 5) is 13.6. The number of hydrogen-bond donors (Lipinski definition) is 0. The summed E-state index contributed by atoms with van der Waals surface area (Å²) in [6.07, 6.45) is 0. The molecule has 1 aromatic carbocycles. The van der Waals surface area contributed by atoms with Crippen LogP contribution in [0.5, 0.6) is 0 Å². The van der Waals surface area contributed by atoms with Crippen molar-refractivity contribution in [3.05, 3.63) is 34.9 Å². The van der Waals surface area contributed by atoms with Crippen molar-refractivity contribution in [2.24, 2.45) is 0 Å². The first kappa shape index (κ1) is 12.3. The van der Waals surface area contributed by atoms with Crippen molar-refractivity contribution in [2.45, 2.75) is 26.8 Å². The lowest BCUT2D eigenvalue weighted by Crippen LogP contribution is -2.34. The molecule has 1 rings (SSSR count). The van der Waals surface area contributed by atoms with Gasteiger partial charge >= 0.3 is 0 Å². The van der Waals surface area contributed by atoms with Crippen molar-refractivity contribution in [3.63, 3.8) is 0 Å². The van der Waals surface area contributed by atoms with E-state index in [1.807, 2.05) is 26.0 Å². The van der Waals surface area contributed by atoms with E-state index in [1.165, 1.54) is 4.90 Å². The third kappa shape index (κ3) is 2.22. The van der Waals surface area contributed by atoms with Gasteiger partial charge in [-0.1, -0.05) is 12.1 Å². The van der Waals surface area contributed by atoms with E-state index in [-0.39, 0.29) is 5.91 Å². The molecule has 0 N–H and O–H groups in total. The summed E-state index contributed by atoms with van der Waals surface area (Å²) in [6.45, 7) is 5.61. The molecule has 0 aromatic heterocycles. The fraction of sp³-hybridized carbons (Fsp3) is 0.385. The molecule has 84 valence electrons. The van der Waals surface area contributed by atoms with Gasteiger partial charge in [0.25, 0.3) is 5.91 Å². The number of hydrogen-bond acceptors (Lipinski definition) is 2. The lowest BCUT2D eigenvalue weighted by atomic mass is 10.0. The third-order valence-electron chi connectivity index (χ3n) is 2.92. The van der Waals surface area contributed by atoms with Crippen molar-refractivity contribution >= 4 is 5.91 Å². The molecule has 0 radical (unpaired) electrons. The van der Waals surface area contributed by atoms with Crippen LogP contribution in [-0.2, 0) is 0 Å². The number of aryl methyl sites for hydroxylation is 1. The van der Waals surface area contributed by atoms with Gasteiger partial charge in [0.1, 0.15) is 6.04 Å². The van der Waals surface area contributed by atoms with E-state index in [1.54, 1.807) is 20.0 Å². The van der Waals surface area contributed by atoms with Crippen molar-refractivity contribution in [1.29, 1.82) is 5.26 Å². The maximum atomic E-state index is 12.1. The van der Waals surface area contributed by atoms with Gasteiger partial charge in [-0.15, -0.1) is 0 Å². The van der Waals surface area contributed by atoms with Crippen LogP contribution in [0.3, 0.4) is 0 Å². The molecule has 0 saturated heterocycles. The number of rotatable bonds is 2. The highest BCUT2D eigenvalue weighted by molar-refractivity contribution is 5.96. The zero-order valence-electron chi connectivity index (χ0n) is 10.1. The minimum absolute atomic E-state index is 0.102. The number of nitrogens with zero attached hydrogens (tertiary/aromatic N) is 2. The maximum Gasteiger partial charge on any atom is 0.254 e. The second-order valence-electron chi connectivity index (χ2n) is 3.97. The van der Waals surface area contributed by atoms with Crippen molar-refractivity contribution < 1.29 is 4.79 Å². The second-order valence-corrected chi connectivity index (χ2v) is 3.97. The van der Waals surface area contributed by atoms with Crippen LogP contribution in [0.15, 0.2) is 18.2 Å². The first-order chi connectivity index (χ1) is 7.49. The Morgan fingerprint density at radius 3 is 2.62 bits per heavy atom. The molecule has 0 aliphatic rings. The summed E-state index contributed by atoms with van der Waals surface area (Å²) < 4.78 is 0. The Kier molecular flexibility index (Phi) is 3.68. The molecule has 0 bridgehead atoms. The van der Waals surface area contributed by atoms with E-state index in [4.69, 9.17) is 5.26 Å². The van der Waals surface area contributed by atoms with Crippen LogP contribution in [0.2, 0.25) is 0 Å². The quantitative estimate of drug-likeness (QED) is 0.761. The van der Waals surface area contributed by atoms with Crippen LogP contribution in [0.4, 0.5) is 0 Å². The number of carbonyl (C=O) groups is 1. The first-order valence-electron chi connectivity index (χ1n) is 5.22. The highest BCUT2D eigenvalue weighted by atomic mass is 16.2. The molecular formula is C13H16N2O. The van der Waals surface area contributed by atoms with Gasteiger partial charge in [-0.3, -0.25) is 4.79 Å². The maximum absolute atomic E-state index is 12.1. The molecule has 3 heteroatoms. The average molecular weight is 216 g/mol. The molecule has 0 aliphatic heterocycles. The highest BCUT2D eigenvalue weighted by Gasteiger charge is 2.18. The minimum Gasteiger partial charge on any atom is -0.326 e. The Balaban J connectivity index is 3.07. The van der Waals surface area contributed by atoms with E-state index in [0.29, 0.717) is 5.56 Å². The molecule has 1 amide bonds. The van der Waals surface area contributed by atoms with Crippen LogP contribution in [0.1, 0.15) is 28.4 Å². The molecule has 0 heterocycles. The van der Waals surface area contributed by atoms with Crippen molar-refractivity contribution in [3.8, 4) is 6.07 Å². The van der Waals surface area contributed by atoms with E-state index in [2.05, 4.69) is 6.07 Å². The monoisotopic (exact) mass is 216 g/mol. The number of nitriles is 1. The molecule has 1 atom stereocenters. The molecule has 0 spiro atoms. The van der Waals surface area contributed by atoms with Crippen LogP contribution in [-0.4, -0.2) is 23.9 Å². The van der Waals surface area contributed by atoms with Crippen LogP contribution >= 0.6 is 0 Å². The van der Waals surface area contributed by atoms with Gasteiger partial charge < -0.3 is 4.90 Å². The van der Waals surface area contributed by atoms with Crippen molar-refractivity contribution in [1.82, 2.24) is 4.90 Å². The summed E-state index contributed by atoms with van der Waals surface area (Å²) in [6, 6.07) is 7.28. The largest absolute Gasteiger partial charge is 0.326 e. The Bertz CT molecular complexity index is 446. The highest BCUT2D eigenvalue weighted by Crippen LogP contribution is 2.15. The van der Waals surface area contributed by atoms with Gasteiger partial charge in [0.05, 0.1) is 6.07 Å². The zero-order valence-corrected chi connectivity index (χ0v) is 10.1. The standard InChI is InChI=1S/C13H16N2O/c1-9-6-5-7-12(11(9)3)13(16)15(4)10(2)8-14/h5-7,10H,1-4H3. The summed E-state index contributed by atoms with van der Waals surface area (Å²) in [5.74, 6) is -0.102. The second kappa shape index (κ2) is 4.80. The molecule has 1 unspecified atom stereocenters. The number of benzene rings is 1. The Hall–Kier alpha value is -1.82. The SMILES string of the molecule is Cc1cccc(C(=O)N(C)C(C)C#N)c1C. The van der Waals surface area contributed by atoms with Gasteiger partial charge in [0.2, 0.25) is 0 Å².